The van der Waals surface area contributed by atoms with Gasteiger partial charge in [-0.05, 0) is 18.2 Å². The summed E-state index contributed by atoms with van der Waals surface area (Å²) >= 11 is 0. The highest BCUT2D eigenvalue weighted by Gasteiger charge is 2.32. The van der Waals surface area contributed by atoms with Crippen LogP contribution in [0.25, 0.3) is 0 Å². The lowest BCUT2D eigenvalue weighted by Gasteiger charge is -2.15. The zero-order valence-corrected chi connectivity index (χ0v) is 8.71. The van der Waals surface area contributed by atoms with Gasteiger partial charge >= 0.3 is 6.36 Å². The van der Waals surface area contributed by atoms with Gasteiger partial charge in [0.05, 0.1) is 5.56 Å². The molecule has 0 aromatic heterocycles. The molecule has 1 aromatic rings. The number of ether oxygens (including phenoxy) is 1. The third-order valence-corrected chi connectivity index (χ3v) is 1.86. The molecule has 0 aliphatic heterocycles. The van der Waals surface area contributed by atoms with Gasteiger partial charge < -0.3 is 9.64 Å². The molecule has 0 N–H and O–H groups in total. The first kappa shape index (κ1) is 12.4. The van der Waals surface area contributed by atoms with Gasteiger partial charge in [0.1, 0.15) is 5.75 Å². The number of anilines is 1. The van der Waals surface area contributed by atoms with E-state index in [0.29, 0.717) is 12.0 Å². The zero-order valence-electron chi connectivity index (χ0n) is 8.71. The van der Waals surface area contributed by atoms with Crippen molar-refractivity contribution < 1.29 is 22.7 Å². The van der Waals surface area contributed by atoms with Crippen LogP contribution in [0.3, 0.4) is 0 Å². The van der Waals surface area contributed by atoms with E-state index in [9.17, 15) is 18.0 Å². The van der Waals surface area contributed by atoms with Gasteiger partial charge in [-0.1, -0.05) is 0 Å². The highest BCUT2D eigenvalue weighted by molar-refractivity contribution is 5.81. The Labute approximate surface area is 90.4 Å². The summed E-state index contributed by atoms with van der Waals surface area (Å²) in [5, 5.41) is 0. The predicted octanol–water partition coefficient (Wildman–Crippen LogP) is 2.46. The Balaban J connectivity index is 3.07. The van der Waals surface area contributed by atoms with E-state index in [1.807, 2.05) is 0 Å². The Bertz CT molecular complexity index is 388. The average Bonchev–Trinajstić information content (AvgIpc) is 2.15. The Morgan fingerprint density at radius 3 is 2.38 bits per heavy atom. The Hall–Kier alpha value is -1.72. The van der Waals surface area contributed by atoms with Gasteiger partial charge in [-0.2, -0.15) is 0 Å². The number of halogens is 3. The number of hydrogen-bond acceptors (Lipinski definition) is 3. The summed E-state index contributed by atoms with van der Waals surface area (Å²) in [7, 11) is 3.43. The molecular formula is C10H10F3NO2. The first-order valence-corrected chi connectivity index (χ1v) is 4.36. The number of carbonyl (C=O) groups excluding carboxylic acids is 1. The normalized spacial score (nSPS) is 11.1. The molecule has 0 bridgehead atoms. The molecule has 0 fully saturated rings. The van der Waals surface area contributed by atoms with Gasteiger partial charge in [-0.3, -0.25) is 4.79 Å². The SMILES string of the molecule is CN(C)c1ccc(OC(F)(F)F)c(C=O)c1. The monoisotopic (exact) mass is 233 g/mol. The first-order valence-electron chi connectivity index (χ1n) is 4.36. The fourth-order valence-corrected chi connectivity index (χ4v) is 1.12. The van der Waals surface area contributed by atoms with Gasteiger partial charge in [0, 0.05) is 19.8 Å². The third kappa shape index (κ3) is 3.15. The number of aldehydes is 1. The van der Waals surface area contributed by atoms with Crippen LogP contribution < -0.4 is 9.64 Å². The molecule has 0 aliphatic rings. The van der Waals surface area contributed by atoms with Crippen LogP contribution in [-0.2, 0) is 0 Å². The number of benzene rings is 1. The Morgan fingerprint density at radius 1 is 1.31 bits per heavy atom. The number of carbonyl (C=O) groups is 1. The summed E-state index contributed by atoms with van der Waals surface area (Å²) in [5.41, 5.74) is 0.486. The fourth-order valence-electron chi connectivity index (χ4n) is 1.12. The maximum absolute atomic E-state index is 12.0. The second kappa shape index (κ2) is 4.42. The Kier molecular flexibility index (Phi) is 3.41. The van der Waals surface area contributed by atoms with Crippen LogP contribution in [0.4, 0.5) is 18.9 Å². The van der Waals surface area contributed by atoms with Crippen LogP contribution in [0.1, 0.15) is 10.4 Å². The lowest BCUT2D eigenvalue weighted by Crippen LogP contribution is -2.18. The second-order valence-corrected chi connectivity index (χ2v) is 3.28. The smallest absolute Gasteiger partial charge is 0.405 e. The van der Waals surface area contributed by atoms with Crippen molar-refractivity contribution >= 4 is 12.0 Å². The van der Waals surface area contributed by atoms with Crippen LogP contribution >= 0.6 is 0 Å². The lowest BCUT2D eigenvalue weighted by atomic mass is 10.2. The van der Waals surface area contributed by atoms with Gasteiger partial charge in [-0.15, -0.1) is 13.2 Å². The summed E-state index contributed by atoms with van der Waals surface area (Å²) in [5.74, 6) is -0.492. The number of nitrogens with zero attached hydrogens (tertiary/aromatic N) is 1. The van der Waals surface area contributed by atoms with E-state index in [2.05, 4.69) is 4.74 Å². The zero-order chi connectivity index (χ0) is 12.3. The standard InChI is InChI=1S/C10H10F3NO2/c1-14(2)8-3-4-9(7(5-8)6-15)16-10(11,12)13/h3-6H,1-2H3. The molecule has 0 amide bonds. The Morgan fingerprint density at radius 2 is 1.94 bits per heavy atom. The minimum absolute atomic E-state index is 0.136. The van der Waals surface area contributed by atoms with Crippen molar-refractivity contribution in [2.24, 2.45) is 0 Å². The minimum atomic E-state index is -4.79. The van der Waals surface area contributed by atoms with E-state index in [-0.39, 0.29) is 5.56 Å². The van der Waals surface area contributed by atoms with E-state index < -0.39 is 12.1 Å². The number of alkyl halides is 3. The first-order chi connectivity index (χ1) is 7.33. The predicted molar refractivity (Wildman–Crippen MR) is 52.8 cm³/mol. The average molecular weight is 233 g/mol. The number of hydrogen-bond donors (Lipinski definition) is 0. The molecule has 6 heteroatoms. The van der Waals surface area contributed by atoms with Crippen molar-refractivity contribution in [3.05, 3.63) is 23.8 Å². The molecule has 0 unspecified atom stereocenters. The van der Waals surface area contributed by atoms with E-state index in [1.165, 1.54) is 12.1 Å². The highest BCUT2D eigenvalue weighted by atomic mass is 19.4. The minimum Gasteiger partial charge on any atom is -0.405 e. The quantitative estimate of drug-likeness (QED) is 0.751. The highest BCUT2D eigenvalue weighted by Crippen LogP contribution is 2.28. The molecule has 0 atom stereocenters. The topological polar surface area (TPSA) is 29.5 Å². The lowest BCUT2D eigenvalue weighted by molar-refractivity contribution is -0.274. The molecule has 1 rings (SSSR count). The van der Waals surface area contributed by atoms with Crippen LogP contribution in [0, 0.1) is 0 Å². The maximum Gasteiger partial charge on any atom is 0.573 e. The van der Waals surface area contributed by atoms with Gasteiger partial charge in [-0.25, -0.2) is 0 Å². The van der Waals surface area contributed by atoms with Gasteiger partial charge in [0.15, 0.2) is 6.29 Å². The van der Waals surface area contributed by atoms with Crippen LogP contribution in [0.2, 0.25) is 0 Å². The van der Waals surface area contributed by atoms with Crippen molar-refractivity contribution in [1.82, 2.24) is 0 Å². The van der Waals surface area contributed by atoms with Crippen molar-refractivity contribution in [1.29, 1.82) is 0 Å². The number of rotatable bonds is 3. The molecule has 1 aromatic carbocycles. The van der Waals surface area contributed by atoms with Crippen molar-refractivity contribution in [3.63, 3.8) is 0 Å². The largest absolute Gasteiger partial charge is 0.573 e. The summed E-state index contributed by atoms with van der Waals surface area (Å²) in [6, 6.07) is 3.88. The molecular weight excluding hydrogens is 223 g/mol. The van der Waals surface area contributed by atoms with Crippen LogP contribution in [0.15, 0.2) is 18.2 Å². The van der Waals surface area contributed by atoms with Crippen LogP contribution in [0.5, 0.6) is 5.75 Å². The van der Waals surface area contributed by atoms with Gasteiger partial charge in [0.25, 0.3) is 0 Å². The maximum atomic E-state index is 12.0. The summed E-state index contributed by atoms with van der Waals surface area (Å²) in [6.45, 7) is 0. The summed E-state index contributed by atoms with van der Waals surface area (Å²) in [4.78, 5) is 12.3. The van der Waals surface area contributed by atoms with E-state index in [0.717, 1.165) is 6.07 Å². The van der Waals surface area contributed by atoms with E-state index in [4.69, 9.17) is 0 Å². The molecule has 0 radical (unpaired) electrons. The van der Waals surface area contributed by atoms with Crippen molar-refractivity contribution in [3.8, 4) is 5.75 Å². The molecule has 16 heavy (non-hydrogen) atoms. The van der Waals surface area contributed by atoms with E-state index in [1.54, 1.807) is 19.0 Å². The molecule has 0 saturated heterocycles. The molecule has 0 heterocycles. The molecule has 0 spiro atoms. The third-order valence-electron chi connectivity index (χ3n) is 1.86. The van der Waals surface area contributed by atoms with Gasteiger partial charge in [0.2, 0.25) is 0 Å². The summed E-state index contributed by atoms with van der Waals surface area (Å²) in [6.07, 6.45) is -4.47. The second-order valence-electron chi connectivity index (χ2n) is 3.28. The molecule has 88 valence electrons. The van der Waals surface area contributed by atoms with Crippen molar-refractivity contribution in [2.45, 2.75) is 6.36 Å². The molecule has 0 saturated carbocycles. The summed E-state index contributed by atoms with van der Waals surface area (Å²) < 4.78 is 39.6. The van der Waals surface area contributed by atoms with Crippen molar-refractivity contribution in [2.75, 3.05) is 19.0 Å². The van der Waals surface area contributed by atoms with E-state index >= 15 is 0 Å². The fraction of sp³-hybridized carbons (Fsp3) is 0.300. The molecule has 3 nitrogen and oxygen atoms in total. The van der Waals surface area contributed by atoms with Crippen LogP contribution in [-0.4, -0.2) is 26.7 Å². The molecule has 0 aliphatic carbocycles.